The Hall–Kier alpha value is -4.37. The van der Waals surface area contributed by atoms with Crippen LogP contribution in [-0.2, 0) is 32.2 Å². The highest BCUT2D eigenvalue weighted by molar-refractivity contribution is 6.02. The van der Waals surface area contributed by atoms with Crippen molar-refractivity contribution in [3.63, 3.8) is 0 Å². The number of aromatic nitrogens is 1. The van der Waals surface area contributed by atoms with Crippen molar-refractivity contribution in [2.24, 2.45) is 5.41 Å². The summed E-state index contributed by atoms with van der Waals surface area (Å²) in [6.45, 7) is 4.59. The smallest absolute Gasteiger partial charge is 0.323 e. The Morgan fingerprint density at radius 1 is 1.09 bits per heavy atom. The number of morpholine rings is 1. The zero-order chi connectivity index (χ0) is 32.7. The topological polar surface area (TPSA) is 140 Å². The van der Waals surface area contributed by atoms with Gasteiger partial charge in [-0.15, -0.1) is 0 Å². The molecule has 1 N–H and O–H groups in total. The van der Waals surface area contributed by atoms with Gasteiger partial charge in [0.25, 0.3) is 11.8 Å². The van der Waals surface area contributed by atoms with E-state index in [1.54, 1.807) is 4.90 Å². The van der Waals surface area contributed by atoms with Gasteiger partial charge in [0.2, 0.25) is 23.9 Å². The molecule has 15 heteroatoms. The summed E-state index contributed by atoms with van der Waals surface area (Å²) in [6, 6.07) is 3.09. The van der Waals surface area contributed by atoms with Crippen LogP contribution in [0.15, 0.2) is 29.2 Å². The Morgan fingerprint density at radius 2 is 1.85 bits per heavy atom. The summed E-state index contributed by atoms with van der Waals surface area (Å²) in [5, 5.41) is 2.47. The van der Waals surface area contributed by atoms with Crippen molar-refractivity contribution in [3.8, 4) is 5.75 Å². The number of hydrogen-bond acceptors (Lipinski definition) is 9. The largest absolute Gasteiger partial charge is 0.451 e. The molecule has 3 amide bonds. The minimum atomic E-state index is -1.57. The van der Waals surface area contributed by atoms with Gasteiger partial charge in [0.15, 0.2) is 5.69 Å². The van der Waals surface area contributed by atoms with Gasteiger partial charge in [-0.25, -0.2) is 8.78 Å². The molecule has 1 aromatic heterocycles. The van der Waals surface area contributed by atoms with Crippen LogP contribution in [-0.4, -0.2) is 101 Å². The maximum atomic E-state index is 14.2. The maximum Gasteiger partial charge on any atom is 0.323 e. The number of esters is 1. The van der Waals surface area contributed by atoms with Crippen molar-refractivity contribution in [1.82, 2.24) is 24.6 Å². The van der Waals surface area contributed by atoms with Gasteiger partial charge in [0.05, 0.1) is 19.8 Å². The summed E-state index contributed by atoms with van der Waals surface area (Å²) >= 11 is 0. The molecule has 0 aliphatic carbocycles. The number of rotatable bonds is 8. The number of nitrogens with one attached hydrogen (secondary N) is 1. The molecule has 13 nitrogen and oxygen atoms in total. The Bertz CT molecular complexity index is 1640. The van der Waals surface area contributed by atoms with E-state index >= 15 is 0 Å². The molecule has 4 aliphatic heterocycles. The molecule has 2 atom stereocenters. The predicted molar refractivity (Wildman–Crippen MR) is 156 cm³/mol. The summed E-state index contributed by atoms with van der Waals surface area (Å²) < 4.78 is 45.2. The lowest BCUT2D eigenvalue weighted by Gasteiger charge is -2.36. The highest BCUT2D eigenvalue weighted by Gasteiger charge is 2.48. The van der Waals surface area contributed by atoms with Crippen molar-refractivity contribution in [2.45, 2.75) is 52.0 Å². The van der Waals surface area contributed by atoms with E-state index in [2.05, 4.69) is 10.2 Å². The second-order valence-corrected chi connectivity index (χ2v) is 12.3. The van der Waals surface area contributed by atoms with Crippen molar-refractivity contribution < 1.29 is 42.2 Å². The van der Waals surface area contributed by atoms with E-state index in [-0.39, 0.29) is 42.1 Å². The fourth-order valence-corrected chi connectivity index (χ4v) is 6.51. The normalized spacial score (nSPS) is 21.0. The van der Waals surface area contributed by atoms with Gasteiger partial charge < -0.3 is 33.9 Å². The fraction of sp³-hybridized carbons (Fsp3) is 0.516. The van der Waals surface area contributed by atoms with Crippen LogP contribution in [0.25, 0.3) is 0 Å². The number of carbonyl (C=O) groups is 4. The van der Waals surface area contributed by atoms with E-state index in [1.165, 1.54) is 35.6 Å². The van der Waals surface area contributed by atoms with Crippen molar-refractivity contribution in [3.05, 3.63) is 63.1 Å². The lowest BCUT2D eigenvalue weighted by Crippen LogP contribution is -2.51. The second kappa shape index (κ2) is 12.4. The van der Waals surface area contributed by atoms with Gasteiger partial charge in [-0.3, -0.25) is 28.9 Å². The van der Waals surface area contributed by atoms with Crippen LogP contribution in [0.2, 0.25) is 0 Å². The van der Waals surface area contributed by atoms with E-state index in [0.717, 1.165) is 25.5 Å². The summed E-state index contributed by atoms with van der Waals surface area (Å²) in [7, 11) is 0. The Morgan fingerprint density at radius 3 is 2.59 bits per heavy atom. The summed E-state index contributed by atoms with van der Waals surface area (Å²) in [5.74, 6) is -4.82. The van der Waals surface area contributed by atoms with Crippen LogP contribution in [0.4, 0.5) is 8.78 Å². The minimum absolute atomic E-state index is 0.00212. The Kier molecular flexibility index (Phi) is 8.55. The summed E-state index contributed by atoms with van der Waals surface area (Å²) in [6.07, 6.45) is 2.92. The van der Waals surface area contributed by atoms with Gasteiger partial charge in [-0.05, 0) is 32.8 Å². The van der Waals surface area contributed by atoms with Crippen molar-refractivity contribution in [2.75, 3.05) is 46.2 Å². The van der Waals surface area contributed by atoms with Crippen LogP contribution < -0.4 is 15.5 Å². The van der Waals surface area contributed by atoms with E-state index in [0.29, 0.717) is 38.9 Å². The molecule has 0 unspecified atom stereocenters. The highest BCUT2D eigenvalue weighted by Crippen LogP contribution is 2.35. The first kappa shape index (κ1) is 31.6. The molecule has 246 valence electrons. The van der Waals surface area contributed by atoms with Crippen LogP contribution in [0.3, 0.4) is 0 Å². The summed E-state index contributed by atoms with van der Waals surface area (Å²) in [4.78, 5) is 72.2. The molecule has 3 fully saturated rings. The average molecular weight is 644 g/mol. The SMILES string of the molecule is CC(C)(C(=O)OCOc1c2n(cc(C(=O)NCc3ccc(F)cc3F)c1=O)C[C@@H]1N(C[C@H]3CCCN31)C2=O)C(=O)N1CCOCC1. The number of carbonyl (C=O) groups excluding carboxylic acids is 4. The number of halogens is 2. The molecular formula is C31H35F2N5O8. The lowest BCUT2D eigenvalue weighted by molar-refractivity contribution is -0.169. The number of pyridine rings is 1. The molecule has 0 radical (unpaired) electrons. The Balaban J connectivity index is 1.25. The van der Waals surface area contributed by atoms with Crippen LogP contribution in [0.5, 0.6) is 5.75 Å². The van der Waals surface area contributed by atoms with E-state index < -0.39 is 58.7 Å². The van der Waals surface area contributed by atoms with Crippen molar-refractivity contribution in [1.29, 1.82) is 0 Å². The standard InChI is InChI=1S/C31H35F2N5O8/c1-31(2,29(42)35-8-10-44-11-9-35)30(43)46-17-45-26-24-28(41)38-14-20-4-3-7-37(20)23(38)16-36(24)15-21(25(26)39)27(40)34-13-18-5-6-19(32)12-22(18)33/h5-6,12,15,20,23H,3-4,7-11,13-14,16-17H2,1-2H3,(H,34,40)/t20-,23+/m1/s1. The van der Waals surface area contributed by atoms with Gasteiger partial charge >= 0.3 is 5.97 Å². The minimum Gasteiger partial charge on any atom is -0.451 e. The first-order valence-corrected chi connectivity index (χ1v) is 15.2. The van der Waals surface area contributed by atoms with E-state index in [9.17, 15) is 32.8 Å². The first-order chi connectivity index (χ1) is 22.0. The Labute approximate surface area is 263 Å². The van der Waals surface area contributed by atoms with Gasteiger partial charge in [0.1, 0.15) is 28.8 Å². The molecule has 0 spiro atoms. The third kappa shape index (κ3) is 5.73. The highest BCUT2D eigenvalue weighted by atomic mass is 19.1. The third-order valence-corrected chi connectivity index (χ3v) is 9.07. The number of amides is 3. The van der Waals surface area contributed by atoms with Gasteiger partial charge in [-0.2, -0.15) is 0 Å². The number of hydrogen-bond donors (Lipinski definition) is 1. The number of fused-ring (bicyclic) bond motifs is 4. The van der Waals surface area contributed by atoms with Crippen molar-refractivity contribution >= 4 is 23.7 Å². The molecule has 1 aromatic carbocycles. The zero-order valence-corrected chi connectivity index (χ0v) is 25.6. The number of ether oxygens (including phenoxy) is 3. The number of nitrogens with zero attached hydrogens (tertiary/aromatic N) is 4. The molecular weight excluding hydrogens is 608 g/mol. The molecule has 0 bridgehead atoms. The summed E-state index contributed by atoms with van der Waals surface area (Å²) in [5.41, 5.74) is -2.98. The quantitative estimate of drug-likeness (QED) is 0.254. The third-order valence-electron chi connectivity index (χ3n) is 9.07. The molecule has 2 aromatic rings. The molecule has 6 rings (SSSR count). The van der Waals surface area contributed by atoms with E-state index in [4.69, 9.17) is 14.2 Å². The monoisotopic (exact) mass is 643 g/mol. The van der Waals surface area contributed by atoms with Gasteiger partial charge in [0, 0.05) is 56.6 Å². The van der Waals surface area contributed by atoms with Crippen LogP contribution in [0.1, 0.15) is 53.1 Å². The van der Waals surface area contributed by atoms with Crippen LogP contribution >= 0.6 is 0 Å². The van der Waals surface area contributed by atoms with Crippen LogP contribution in [0, 0.1) is 17.0 Å². The first-order valence-electron chi connectivity index (χ1n) is 15.2. The fourth-order valence-electron chi connectivity index (χ4n) is 6.51. The van der Waals surface area contributed by atoms with Gasteiger partial charge in [-0.1, -0.05) is 6.07 Å². The molecule has 0 saturated carbocycles. The second-order valence-electron chi connectivity index (χ2n) is 12.3. The lowest BCUT2D eigenvalue weighted by atomic mass is 9.91. The number of benzene rings is 1. The molecule has 4 aliphatic rings. The van der Waals surface area contributed by atoms with E-state index in [1.807, 2.05) is 0 Å². The maximum absolute atomic E-state index is 14.2. The molecule has 46 heavy (non-hydrogen) atoms. The average Bonchev–Trinajstić information content (AvgIpc) is 3.64. The molecule has 3 saturated heterocycles. The zero-order valence-electron chi connectivity index (χ0n) is 25.6. The predicted octanol–water partition coefficient (Wildman–Crippen LogP) is 1.08. The molecule has 5 heterocycles.